The lowest BCUT2D eigenvalue weighted by molar-refractivity contribution is 0.0692. The van der Waals surface area contributed by atoms with E-state index in [1.165, 1.54) is 34.4 Å². The molecule has 0 unspecified atom stereocenters. The molecule has 0 saturated heterocycles. The van der Waals surface area contributed by atoms with Crippen LogP contribution in [-0.2, 0) is 7.05 Å². The fourth-order valence-electron chi connectivity index (χ4n) is 1.92. The average molecular weight is 413 g/mol. The van der Waals surface area contributed by atoms with Crippen molar-refractivity contribution < 1.29 is 14.7 Å². The number of carboxylic acid groups (broad SMARTS) is 1. The lowest BCUT2D eigenvalue weighted by Gasteiger charge is -2.03. The Kier molecular flexibility index (Phi) is 4.28. The van der Waals surface area contributed by atoms with Gasteiger partial charge in [-0.1, -0.05) is 0 Å². The fourth-order valence-corrected chi connectivity index (χ4v) is 4.04. The van der Waals surface area contributed by atoms with Crippen molar-refractivity contribution in [3.05, 3.63) is 38.8 Å². The SMILES string of the molecule is Cn1ncc(C(=O)O)c1C(=O)Nc1nc(-c2ccc(Br)s2)cs1. The summed E-state index contributed by atoms with van der Waals surface area (Å²) < 4.78 is 2.22. The molecule has 0 fully saturated rings. The van der Waals surface area contributed by atoms with E-state index in [1.54, 1.807) is 0 Å². The lowest BCUT2D eigenvalue weighted by Crippen LogP contribution is -2.19. The van der Waals surface area contributed by atoms with E-state index in [9.17, 15) is 9.59 Å². The first kappa shape index (κ1) is 15.8. The van der Waals surface area contributed by atoms with Gasteiger partial charge in [-0.15, -0.1) is 22.7 Å². The van der Waals surface area contributed by atoms with E-state index in [0.29, 0.717) is 5.13 Å². The van der Waals surface area contributed by atoms with Gasteiger partial charge in [0.05, 0.1) is 20.6 Å². The Balaban J connectivity index is 1.83. The summed E-state index contributed by atoms with van der Waals surface area (Å²) in [6, 6.07) is 3.85. The highest BCUT2D eigenvalue weighted by molar-refractivity contribution is 9.11. The van der Waals surface area contributed by atoms with Crippen molar-refractivity contribution >= 4 is 55.6 Å². The summed E-state index contributed by atoms with van der Waals surface area (Å²) in [5.74, 6) is -1.76. The highest BCUT2D eigenvalue weighted by Crippen LogP contribution is 2.33. The van der Waals surface area contributed by atoms with Crippen molar-refractivity contribution in [1.29, 1.82) is 0 Å². The first-order valence-electron chi connectivity index (χ1n) is 6.23. The topological polar surface area (TPSA) is 97.1 Å². The molecule has 0 aliphatic heterocycles. The van der Waals surface area contributed by atoms with Crippen molar-refractivity contribution in [2.24, 2.45) is 7.05 Å². The Morgan fingerprint density at radius 2 is 2.17 bits per heavy atom. The van der Waals surface area contributed by atoms with E-state index in [-0.39, 0.29) is 11.3 Å². The van der Waals surface area contributed by atoms with Crippen LogP contribution in [0.5, 0.6) is 0 Å². The van der Waals surface area contributed by atoms with Crippen LogP contribution in [0.4, 0.5) is 5.13 Å². The van der Waals surface area contributed by atoms with Gasteiger partial charge in [-0.05, 0) is 28.1 Å². The summed E-state index contributed by atoms with van der Waals surface area (Å²) in [5.41, 5.74) is 0.585. The number of hydrogen-bond acceptors (Lipinski definition) is 6. The predicted octanol–water partition coefficient (Wildman–Crippen LogP) is 3.32. The van der Waals surface area contributed by atoms with Gasteiger partial charge in [0, 0.05) is 12.4 Å². The van der Waals surface area contributed by atoms with Crippen LogP contribution >= 0.6 is 38.6 Å². The Labute approximate surface area is 146 Å². The number of halogens is 1. The minimum atomic E-state index is -1.20. The number of nitrogens with one attached hydrogen (secondary N) is 1. The van der Waals surface area contributed by atoms with Crippen molar-refractivity contribution in [2.45, 2.75) is 0 Å². The predicted molar refractivity (Wildman–Crippen MR) is 91.2 cm³/mol. The number of rotatable bonds is 4. The summed E-state index contributed by atoms with van der Waals surface area (Å²) in [6.45, 7) is 0. The highest BCUT2D eigenvalue weighted by Gasteiger charge is 2.22. The molecule has 0 radical (unpaired) electrons. The molecule has 7 nitrogen and oxygen atoms in total. The van der Waals surface area contributed by atoms with Crippen LogP contribution in [0.2, 0.25) is 0 Å². The summed E-state index contributed by atoms with van der Waals surface area (Å²) in [7, 11) is 1.51. The molecule has 3 rings (SSSR count). The molecule has 0 spiro atoms. The quantitative estimate of drug-likeness (QED) is 0.684. The molecule has 1 amide bonds. The molecule has 3 aromatic heterocycles. The molecule has 0 aliphatic rings. The third-order valence-electron chi connectivity index (χ3n) is 2.93. The summed E-state index contributed by atoms with van der Waals surface area (Å²) in [5, 5.41) is 17.7. The molecule has 0 bridgehead atoms. The van der Waals surface area contributed by atoms with Gasteiger partial charge in [0.15, 0.2) is 5.13 Å². The normalized spacial score (nSPS) is 10.7. The first-order chi connectivity index (χ1) is 11.0. The molecule has 3 heterocycles. The second-order valence-electron chi connectivity index (χ2n) is 4.43. The minimum Gasteiger partial charge on any atom is -0.478 e. The second kappa shape index (κ2) is 6.22. The number of thiophene rings is 1. The Bertz CT molecular complexity index is 899. The Morgan fingerprint density at radius 1 is 1.39 bits per heavy atom. The van der Waals surface area contributed by atoms with E-state index in [4.69, 9.17) is 5.11 Å². The first-order valence-corrected chi connectivity index (χ1v) is 8.72. The number of aryl methyl sites for hydroxylation is 1. The number of amides is 1. The maximum absolute atomic E-state index is 12.3. The molecule has 23 heavy (non-hydrogen) atoms. The average Bonchev–Trinajstić information content (AvgIpc) is 3.18. The van der Waals surface area contributed by atoms with Gasteiger partial charge in [0.25, 0.3) is 5.91 Å². The van der Waals surface area contributed by atoms with Gasteiger partial charge in [0.1, 0.15) is 11.3 Å². The fraction of sp³-hybridized carbons (Fsp3) is 0.0769. The number of aromatic carboxylic acids is 1. The van der Waals surface area contributed by atoms with Gasteiger partial charge in [-0.3, -0.25) is 14.8 Å². The molecular weight excluding hydrogens is 404 g/mol. The Hall–Kier alpha value is -2.04. The molecule has 118 valence electrons. The van der Waals surface area contributed by atoms with Gasteiger partial charge < -0.3 is 5.11 Å². The third-order valence-corrected chi connectivity index (χ3v) is 5.34. The molecule has 10 heteroatoms. The van der Waals surface area contributed by atoms with Crippen LogP contribution in [0.1, 0.15) is 20.8 Å². The summed E-state index contributed by atoms with van der Waals surface area (Å²) in [4.78, 5) is 28.8. The number of carbonyl (C=O) groups is 2. The van der Waals surface area contributed by atoms with Crippen molar-refractivity contribution in [1.82, 2.24) is 14.8 Å². The zero-order valence-corrected chi connectivity index (χ0v) is 14.8. The second-order valence-corrected chi connectivity index (χ2v) is 7.75. The minimum absolute atomic E-state index is 0.0203. The molecule has 3 aromatic rings. The maximum atomic E-state index is 12.3. The molecule has 0 atom stereocenters. The van der Waals surface area contributed by atoms with Crippen LogP contribution in [0.15, 0.2) is 27.5 Å². The van der Waals surface area contributed by atoms with Crippen LogP contribution in [0.25, 0.3) is 10.6 Å². The van der Waals surface area contributed by atoms with E-state index in [0.717, 1.165) is 20.6 Å². The van der Waals surface area contributed by atoms with Crippen LogP contribution in [0.3, 0.4) is 0 Å². The van der Waals surface area contributed by atoms with E-state index >= 15 is 0 Å². The van der Waals surface area contributed by atoms with Crippen molar-refractivity contribution in [2.75, 3.05) is 5.32 Å². The third kappa shape index (κ3) is 3.19. The van der Waals surface area contributed by atoms with E-state index < -0.39 is 11.9 Å². The molecule has 0 saturated carbocycles. The van der Waals surface area contributed by atoms with Gasteiger partial charge in [0.2, 0.25) is 0 Å². The number of aromatic nitrogens is 3. The van der Waals surface area contributed by atoms with Crippen LogP contribution in [-0.4, -0.2) is 31.7 Å². The highest BCUT2D eigenvalue weighted by atomic mass is 79.9. The summed E-state index contributed by atoms with van der Waals surface area (Å²) in [6.07, 6.45) is 1.15. The lowest BCUT2D eigenvalue weighted by atomic mass is 10.2. The van der Waals surface area contributed by atoms with Crippen LogP contribution in [0, 0.1) is 0 Å². The summed E-state index contributed by atoms with van der Waals surface area (Å²) >= 11 is 6.20. The van der Waals surface area contributed by atoms with E-state index in [2.05, 4.69) is 31.3 Å². The molecule has 2 N–H and O–H groups in total. The van der Waals surface area contributed by atoms with Gasteiger partial charge in [-0.2, -0.15) is 5.10 Å². The number of carboxylic acids is 1. The standard InChI is InChI=1S/C13H9BrN4O3S2/c1-18-10(6(4-15-18)12(20)21)11(19)17-13-16-7(5-22-13)8-2-3-9(14)23-8/h2-5H,1H3,(H,20,21)(H,16,17,19). The molecule has 0 aromatic carbocycles. The van der Waals surface area contributed by atoms with Crippen molar-refractivity contribution in [3.63, 3.8) is 0 Å². The van der Waals surface area contributed by atoms with E-state index in [1.807, 2.05) is 17.5 Å². The molecular formula is C13H9BrN4O3S2. The van der Waals surface area contributed by atoms with Crippen LogP contribution < -0.4 is 5.32 Å². The monoisotopic (exact) mass is 412 g/mol. The Morgan fingerprint density at radius 3 is 2.83 bits per heavy atom. The largest absolute Gasteiger partial charge is 0.478 e. The zero-order valence-electron chi connectivity index (χ0n) is 11.6. The number of nitrogens with zero attached hydrogens (tertiary/aromatic N) is 3. The number of anilines is 1. The van der Waals surface area contributed by atoms with Gasteiger partial charge >= 0.3 is 5.97 Å². The number of carbonyl (C=O) groups excluding carboxylic acids is 1. The zero-order chi connectivity index (χ0) is 16.6. The van der Waals surface area contributed by atoms with Gasteiger partial charge in [-0.25, -0.2) is 9.78 Å². The maximum Gasteiger partial charge on any atom is 0.339 e. The number of hydrogen-bond donors (Lipinski definition) is 2. The smallest absolute Gasteiger partial charge is 0.339 e. The van der Waals surface area contributed by atoms with Crippen molar-refractivity contribution in [3.8, 4) is 10.6 Å². The number of thiazole rings is 1. The molecule has 0 aliphatic carbocycles.